The van der Waals surface area contributed by atoms with Gasteiger partial charge in [-0.05, 0) is 26.2 Å². The molecule has 0 aromatic heterocycles. The van der Waals surface area contributed by atoms with E-state index >= 15 is 0 Å². The van der Waals surface area contributed by atoms with Gasteiger partial charge in [0.25, 0.3) is 5.09 Å². The number of hydrogen-bond acceptors (Lipinski definition) is 5. The Kier molecular flexibility index (Phi) is 3.69. The Morgan fingerprint density at radius 2 is 2.19 bits per heavy atom. The molecule has 7 nitrogen and oxygen atoms in total. The smallest absolute Gasteiger partial charge is 0.309 e. The second kappa shape index (κ2) is 4.65. The van der Waals surface area contributed by atoms with Gasteiger partial charge in [-0.1, -0.05) is 0 Å². The molecular weight excluding hydrogens is 218 g/mol. The summed E-state index contributed by atoms with van der Waals surface area (Å²) < 4.78 is 5.06. The van der Waals surface area contributed by atoms with E-state index in [0.29, 0.717) is 12.8 Å². The van der Waals surface area contributed by atoms with Crippen molar-refractivity contribution in [2.75, 3.05) is 7.11 Å². The maximum absolute atomic E-state index is 11.0. The van der Waals surface area contributed by atoms with Crippen molar-refractivity contribution in [3.05, 3.63) is 10.1 Å². The minimum atomic E-state index is -0.976. The van der Waals surface area contributed by atoms with Crippen LogP contribution < -0.4 is 0 Å². The lowest BCUT2D eigenvalue weighted by Gasteiger charge is -2.37. The molecular formula is C9H15NO6. The SMILES string of the molecule is CO[C@@H]1CC[C@](C)(C(=O)O)C[C@H]1O[N+](=O)[O-]. The third-order valence-corrected chi connectivity index (χ3v) is 3.09. The van der Waals surface area contributed by atoms with Crippen LogP contribution in [-0.2, 0) is 14.4 Å². The predicted molar refractivity (Wildman–Crippen MR) is 52.3 cm³/mol. The average Bonchev–Trinajstić information content (AvgIpc) is 2.17. The van der Waals surface area contributed by atoms with Crippen molar-refractivity contribution in [2.24, 2.45) is 5.41 Å². The largest absolute Gasteiger partial charge is 0.481 e. The van der Waals surface area contributed by atoms with Crippen LogP contribution in [0, 0.1) is 15.5 Å². The van der Waals surface area contributed by atoms with Crippen LogP contribution in [-0.4, -0.2) is 35.5 Å². The summed E-state index contributed by atoms with van der Waals surface area (Å²) in [5.74, 6) is -0.959. The molecule has 0 aromatic rings. The summed E-state index contributed by atoms with van der Waals surface area (Å²) in [5.41, 5.74) is -0.976. The first-order valence-electron chi connectivity index (χ1n) is 4.96. The number of nitrogens with zero attached hydrogens (tertiary/aromatic N) is 1. The first-order chi connectivity index (χ1) is 7.39. The van der Waals surface area contributed by atoms with Gasteiger partial charge in [0.2, 0.25) is 0 Å². The molecule has 0 radical (unpaired) electrons. The maximum atomic E-state index is 11.0. The van der Waals surface area contributed by atoms with Crippen LogP contribution in [0.15, 0.2) is 0 Å². The van der Waals surface area contributed by atoms with Crippen molar-refractivity contribution in [1.82, 2.24) is 0 Å². The van der Waals surface area contributed by atoms with Gasteiger partial charge < -0.3 is 14.7 Å². The Hall–Kier alpha value is -1.37. The van der Waals surface area contributed by atoms with Crippen LogP contribution in [0.4, 0.5) is 0 Å². The molecule has 0 amide bonds. The quantitative estimate of drug-likeness (QED) is 0.571. The summed E-state index contributed by atoms with van der Waals surface area (Å²) in [6.45, 7) is 1.57. The van der Waals surface area contributed by atoms with Gasteiger partial charge in [0, 0.05) is 7.11 Å². The van der Waals surface area contributed by atoms with Gasteiger partial charge in [-0.2, -0.15) is 0 Å². The molecule has 1 rings (SSSR count). The van der Waals surface area contributed by atoms with Gasteiger partial charge in [0.1, 0.15) is 6.10 Å². The summed E-state index contributed by atoms with van der Waals surface area (Å²) in [4.78, 5) is 25.8. The lowest BCUT2D eigenvalue weighted by Crippen LogP contribution is -2.45. The van der Waals surface area contributed by atoms with E-state index in [9.17, 15) is 14.9 Å². The Bertz CT molecular complexity index is 294. The maximum Gasteiger partial charge on any atom is 0.309 e. The fourth-order valence-corrected chi connectivity index (χ4v) is 2.00. The molecule has 1 fully saturated rings. The number of carboxylic acids is 1. The summed E-state index contributed by atoms with van der Waals surface area (Å²) in [7, 11) is 1.43. The van der Waals surface area contributed by atoms with E-state index in [4.69, 9.17) is 9.84 Å². The monoisotopic (exact) mass is 233 g/mol. The van der Waals surface area contributed by atoms with E-state index in [0.717, 1.165) is 0 Å². The van der Waals surface area contributed by atoms with Crippen molar-refractivity contribution in [2.45, 2.75) is 38.4 Å². The van der Waals surface area contributed by atoms with E-state index in [1.54, 1.807) is 6.92 Å². The van der Waals surface area contributed by atoms with Gasteiger partial charge in [0.15, 0.2) is 0 Å². The molecule has 1 aliphatic rings. The van der Waals surface area contributed by atoms with E-state index in [1.807, 2.05) is 0 Å². The molecule has 3 atom stereocenters. The number of hydrogen-bond donors (Lipinski definition) is 1. The summed E-state index contributed by atoms with van der Waals surface area (Å²) >= 11 is 0. The first kappa shape index (κ1) is 12.7. The second-order valence-corrected chi connectivity index (χ2v) is 4.25. The summed E-state index contributed by atoms with van der Waals surface area (Å²) in [5, 5.41) is 18.4. The van der Waals surface area contributed by atoms with Crippen LogP contribution >= 0.6 is 0 Å². The summed E-state index contributed by atoms with van der Waals surface area (Å²) in [6, 6.07) is 0. The van der Waals surface area contributed by atoms with Crippen molar-refractivity contribution < 1.29 is 24.6 Å². The van der Waals surface area contributed by atoms with Gasteiger partial charge in [-0.25, -0.2) is 0 Å². The van der Waals surface area contributed by atoms with Gasteiger partial charge in [0.05, 0.1) is 11.5 Å². The molecule has 0 aliphatic heterocycles. The predicted octanol–water partition coefficient (Wildman–Crippen LogP) is 0.853. The molecule has 1 saturated carbocycles. The first-order valence-corrected chi connectivity index (χ1v) is 4.96. The second-order valence-electron chi connectivity index (χ2n) is 4.25. The number of rotatable bonds is 4. The van der Waals surface area contributed by atoms with E-state index in [-0.39, 0.29) is 6.42 Å². The number of methoxy groups -OCH3 is 1. The number of aliphatic carboxylic acids is 1. The average molecular weight is 233 g/mol. The van der Waals surface area contributed by atoms with Gasteiger partial charge in [-0.3, -0.25) is 4.79 Å². The topological polar surface area (TPSA) is 98.9 Å². The fraction of sp³-hybridized carbons (Fsp3) is 0.889. The minimum Gasteiger partial charge on any atom is -0.481 e. The third-order valence-electron chi connectivity index (χ3n) is 3.09. The molecule has 0 unspecified atom stereocenters. The number of carbonyl (C=O) groups is 1. The van der Waals surface area contributed by atoms with Crippen LogP contribution in [0.3, 0.4) is 0 Å². The van der Waals surface area contributed by atoms with Crippen LogP contribution in [0.5, 0.6) is 0 Å². The van der Waals surface area contributed by atoms with Crippen molar-refractivity contribution in [1.29, 1.82) is 0 Å². The highest BCUT2D eigenvalue weighted by Crippen LogP contribution is 2.38. The molecule has 0 saturated heterocycles. The van der Waals surface area contributed by atoms with E-state index < -0.39 is 28.7 Å². The number of carboxylic acid groups (broad SMARTS) is 1. The lowest BCUT2D eigenvalue weighted by molar-refractivity contribution is -0.771. The molecule has 92 valence electrons. The Labute approximate surface area is 92.4 Å². The van der Waals surface area contributed by atoms with Gasteiger partial charge in [-0.15, -0.1) is 10.1 Å². The molecule has 7 heteroatoms. The number of ether oxygens (including phenoxy) is 1. The molecule has 1 N–H and O–H groups in total. The van der Waals surface area contributed by atoms with Crippen molar-refractivity contribution in [3.63, 3.8) is 0 Å². The Morgan fingerprint density at radius 3 is 2.62 bits per heavy atom. The van der Waals surface area contributed by atoms with Crippen LogP contribution in [0.2, 0.25) is 0 Å². The third kappa shape index (κ3) is 2.60. The summed E-state index contributed by atoms with van der Waals surface area (Å²) in [6.07, 6.45) is -0.273. The van der Waals surface area contributed by atoms with E-state index in [1.165, 1.54) is 7.11 Å². The molecule has 0 spiro atoms. The highest BCUT2D eigenvalue weighted by molar-refractivity contribution is 5.74. The fourth-order valence-electron chi connectivity index (χ4n) is 2.00. The Morgan fingerprint density at radius 1 is 1.56 bits per heavy atom. The molecule has 0 heterocycles. The highest BCUT2D eigenvalue weighted by atomic mass is 17.0. The molecule has 0 aromatic carbocycles. The Balaban J connectivity index is 2.76. The van der Waals surface area contributed by atoms with Crippen LogP contribution in [0.25, 0.3) is 0 Å². The minimum absolute atomic E-state index is 0.0851. The highest BCUT2D eigenvalue weighted by Gasteiger charge is 2.44. The molecule has 1 aliphatic carbocycles. The zero-order valence-electron chi connectivity index (χ0n) is 9.21. The standard InChI is InChI=1S/C9H15NO6/c1-9(8(11)12)4-3-6(15-2)7(5-9)16-10(13)14/h6-7H,3-5H2,1-2H3,(H,11,12)/t6-,7-,9+/m1/s1. The zero-order chi connectivity index (χ0) is 12.3. The van der Waals surface area contributed by atoms with Crippen molar-refractivity contribution >= 4 is 5.97 Å². The normalized spacial score (nSPS) is 34.4. The lowest BCUT2D eigenvalue weighted by atomic mass is 9.73. The van der Waals surface area contributed by atoms with Crippen LogP contribution in [0.1, 0.15) is 26.2 Å². The van der Waals surface area contributed by atoms with E-state index in [2.05, 4.69) is 4.84 Å². The molecule has 16 heavy (non-hydrogen) atoms. The molecule has 0 bridgehead atoms. The van der Waals surface area contributed by atoms with Crippen molar-refractivity contribution in [3.8, 4) is 0 Å². The zero-order valence-corrected chi connectivity index (χ0v) is 9.21. The van der Waals surface area contributed by atoms with Gasteiger partial charge >= 0.3 is 5.97 Å².